The molecule has 110 valence electrons. The first-order valence-electron chi connectivity index (χ1n) is 6.14. The standard InChI is InChI=1S/C13H14ClN5O2/c14-9-2-1-3-10(6-9)17-13(21)7-16-12-4-5-19(18-12)8-11(15)20/h1-6H,7-8H2,(H2,15,20)(H,16,18)(H,17,21). The Morgan fingerprint density at radius 3 is 2.86 bits per heavy atom. The van der Waals surface area contributed by atoms with Gasteiger partial charge < -0.3 is 16.4 Å². The molecular formula is C13H14ClN5O2. The quantitative estimate of drug-likeness (QED) is 0.743. The normalized spacial score (nSPS) is 10.1. The number of aromatic nitrogens is 2. The molecule has 0 aliphatic carbocycles. The van der Waals surface area contributed by atoms with Crippen LogP contribution in [0, 0.1) is 0 Å². The van der Waals surface area contributed by atoms with Crippen molar-refractivity contribution < 1.29 is 9.59 Å². The fraction of sp³-hybridized carbons (Fsp3) is 0.154. The molecular weight excluding hydrogens is 294 g/mol. The number of nitrogens with one attached hydrogen (secondary N) is 2. The van der Waals surface area contributed by atoms with Gasteiger partial charge in [0.25, 0.3) is 0 Å². The van der Waals surface area contributed by atoms with E-state index in [0.29, 0.717) is 16.5 Å². The Bertz CT molecular complexity index is 656. The molecule has 21 heavy (non-hydrogen) atoms. The third-order valence-corrected chi connectivity index (χ3v) is 2.73. The van der Waals surface area contributed by atoms with Crippen LogP contribution in [-0.2, 0) is 16.1 Å². The van der Waals surface area contributed by atoms with Crippen molar-refractivity contribution in [3.05, 3.63) is 41.6 Å². The Labute approximate surface area is 126 Å². The Balaban J connectivity index is 1.83. The van der Waals surface area contributed by atoms with Crippen molar-refractivity contribution in [3.8, 4) is 0 Å². The van der Waals surface area contributed by atoms with Crippen molar-refractivity contribution in [2.75, 3.05) is 17.2 Å². The summed E-state index contributed by atoms with van der Waals surface area (Å²) in [4.78, 5) is 22.5. The minimum Gasteiger partial charge on any atom is -0.368 e. The van der Waals surface area contributed by atoms with Gasteiger partial charge in [-0.1, -0.05) is 17.7 Å². The monoisotopic (exact) mass is 307 g/mol. The number of primary amides is 1. The number of anilines is 2. The number of hydrogen-bond donors (Lipinski definition) is 3. The van der Waals surface area contributed by atoms with Crippen molar-refractivity contribution in [2.45, 2.75) is 6.54 Å². The summed E-state index contributed by atoms with van der Waals surface area (Å²) in [7, 11) is 0. The van der Waals surface area contributed by atoms with Crippen molar-refractivity contribution in [1.82, 2.24) is 9.78 Å². The van der Waals surface area contributed by atoms with Gasteiger partial charge in [-0.15, -0.1) is 0 Å². The molecule has 2 rings (SSSR count). The highest BCUT2D eigenvalue weighted by Gasteiger charge is 2.05. The smallest absolute Gasteiger partial charge is 0.243 e. The fourth-order valence-electron chi connectivity index (χ4n) is 1.65. The third kappa shape index (κ3) is 4.81. The Morgan fingerprint density at radius 2 is 2.14 bits per heavy atom. The van der Waals surface area contributed by atoms with Crippen LogP contribution in [0.2, 0.25) is 5.02 Å². The van der Waals surface area contributed by atoms with Gasteiger partial charge >= 0.3 is 0 Å². The topological polar surface area (TPSA) is 102 Å². The van der Waals surface area contributed by atoms with E-state index in [9.17, 15) is 9.59 Å². The lowest BCUT2D eigenvalue weighted by molar-refractivity contribution is -0.118. The maximum absolute atomic E-state index is 11.8. The number of benzene rings is 1. The van der Waals surface area contributed by atoms with E-state index in [1.165, 1.54) is 4.68 Å². The molecule has 0 unspecified atom stereocenters. The highest BCUT2D eigenvalue weighted by Crippen LogP contribution is 2.14. The lowest BCUT2D eigenvalue weighted by Crippen LogP contribution is -2.22. The summed E-state index contributed by atoms with van der Waals surface area (Å²) < 4.78 is 1.39. The van der Waals surface area contributed by atoms with E-state index < -0.39 is 5.91 Å². The van der Waals surface area contributed by atoms with Crippen molar-refractivity contribution >= 4 is 34.9 Å². The lowest BCUT2D eigenvalue weighted by Gasteiger charge is -2.06. The maximum atomic E-state index is 11.8. The second kappa shape index (κ2) is 6.76. The first kappa shape index (κ1) is 14.9. The van der Waals surface area contributed by atoms with Crippen LogP contribution in [-0.4, -0.2) is 28.1 Å². The minimum atomic E-state index is -0.483. The molecule has 8 heteroatoms. The molecule has 2 aromatic rings. The molecule has 0 fully saturated rings. The molecule has 4 N–H and O–H groups in total. The van der Waals surface area contributed by atoms with Gasteiger partial charge in [0.05, 0.1) is 6.54 Å². The Hall–Kier alpha value is -2.54. The van der Waals surface area contributed by atoms with E-state index in [1.807, 2.05) is 0 Å². The zero-order valence-corrected chi connectivity index (χ0v) is 11.8. The summed E-state index contributed by atoms with van der Waals surface area (Å²) in [6.07, 6.45) is 1.60. The number of carbonyl (C=O) groups is 2. The zero-order chi connectivity index (χ0) is 15.2. The van der Waals surface area contributed by atoms with Crippen molar-refractivity contribution in [1.29, 1.82) is 0 Å². The predicted octanol–water partition coefficient (Wildman–Crippen LogP) is 1.07. The van der Waals surface area contributed by atoms with E-state index >= 15 is 0 Å². The van der Waals surface area contributed by atoms with Crippen LogP contribution in [0.25, 0.3) is 0 Å². The molecule has 0 spiro atoms. The molecule has 0 saturated heterocycles. The molecule has 2 amide bonds. The van der Waals surface area contributed by atoms with Crippen LogP contribution in [0.4, 0.5) is 11.5 Å². The number of amides is 2. The van der Waals surface area contributed by atoms with Gasteiger partial charge in [-0.05, 0) is 18.2 Å². The second-order valence-electron chi connectivity index (χ2n) is 4.28. The lowest BCUT2D eigenvalue weighted by atomic mass is 10.3. The van der Waals surface area contributed by atoms with Crippen LogP contribution < -0.4 is 16.4 Å². The van der Waals surface area contributed by atoms with E-state index in [0.717, 1.165) is 0 Å². The summed E-state index contributed by atoms with van der Waals surface area (Å²) >= 11 is 5.83. The zero-order valence-electron chi connectivity index (χ0n) is 11.0. The van der Waals surface area contributed by atoms with Crippen molar-refractivity contribution in [3.63, 3.8) is 0 Å². The number of carbonyl (C=O) groups excluding carboxylic acids is 2. The fourth-order valence-corrected chi connectivity index (χ4v) is 1.84. The first-order valence-corrected chi connectivity index (χ1v) is 6.52. The highest BCUT2D eigenvalue weighted by molar-refractivity contribution is 6.30. The van der Waals surface area contributed by atoms with Gasteiger partial charge in [-0.3, -0.25) is 14.3 Å². The van der Waals surface area contributed by atoms with Gasteiger partial charge in [0.15, 0.2) is 0 Å². The molecule has 0 aliphatic heterocycles. The summed E-state index contributed by atoms with van der Waals surface area (Å²) in [6, 6.07) is 8.51. The second-order valence-corrected chi connectivity index (χ2v) is 4.71. The van der Waals surface area contributed by atoms with Gasteiger partial charge in [-0.25, -0.2) is 0 Å². The number of rotatable bonds is 6. The van der Waals surface area contributed by atoms with E-state index in [1.54, 1.807) is 36.5 Å². The molecule has 0 saturated carbocycles. The highest BCUT2D eigenvalue weighted by atomic mass is 35.5. The average Bonchev–Trinajstić information content (AvgIpc) is 2.83. The van der Waals surface area contributed by atoms with E-state index in [2.05, 4.69) is 15.7 Å². The summed E-state index contributed by atoms with van der Waals surface area (Å²) in [6.45, 7) is 0.0382. The molecule has 0 bridgehead atoms. The van der Waals surface area contributed by atoms with Crippen LogP contribution in [0.5, 0.6) is 0 Å². The summed E-state index contributed by atoms with van der Waals surface area (Å²) in [5.74, 6) is -0.234. The van der Waals surface area contributed by atoms with E-state index in [-0.39, 0.29) is 19.0 Å². The molecule has 1 aromatic carbocycles. The Morgan fingerprint density at radius 1 is 1.33 bits per heavy atom. The number of hydrogen-bond acceptors (Lipinski definition) is 4. The van der Waals surface area contributed by atoms with Crippen LogP contribution >= 0.6 is 11.6 Å². The van der Waals surface area contributed by atoms with Gasteiger partial charge in [-0.2, -0.15) is 5.10 Å². The maximum Gasteiger partial charge on any atom is 0.243 e. The van der Waals surface area contributed by atoms with Crippen LogP contribution in [0.1, 0.15) is 0 Å². The first-order chi connectivity index (χ1) is 10.0. The summed E-state index contributed by atoms with van der Waals surface area (Å²) in [5.41, 5.74) is 5.68. The number of nitrogens with zero attached hydrogens (tertiary/aromatic N) is 2. The molecule has 1 aromatic heterocycles. The third-order valence-electron chi connectivity index (χ3n) is 2.50. The van der Waals surface area contributed by atoms with Gasteiger partial charge in [0.2, 0.25) is 11.8 Å². The Kier molecular flexibility index (Phi) is 4.78. The van der Waals surface area contributed by atoms with Crippen LogP contribution in [0.3, 0.4) is 0 Å². The van der Waals surface area contributed by atoms with Gasteiger partial charge in [0.1, 0.15) is 12.4 Å². The predicted molar refractivity (Wildman–Crippen MR) is 80.0 cm³/mol. The van der Waals surface area contributed by atoms with Crippen molar-refractivity contribution in [2.24, 2.45) is 5.73 Å². The average molecular weight is 308 g/mol. The number of nitrogens with two attached hydrogens (primary N) is 1. The molecule has 0 aliphatic rings. The number of halogens is 1. The molecule has 1 heterocycles. The van der Waals surface area contributed by atoms with E-state index in [4.69, 9.17) is 17.3 Å². The SMILES string of the molecule is NC(=O)Cn1ccc(NCC(=O)Nc2cccc(Cl)c2)n1. The molecule has 7 nitrogen and oxygen atoms in total. The summed E-state index contributed by atoms with van der Waals surface area (Å²) in [5, 5.41) is 10.1. The largest absolute Gasteiger partial charge is 0.368 e. The molecule has 0 atom stereocenters. The van der Waals surface area contributed by atoms with Crippen LogP contribution in [0.15, 0.2) is 36.5 Å². The molecule has 0 radical (unpaired) electrons. The minimum absolute atomic E-state index is 0.00358. The van der Waals surface area contributed by atoms with Gasteiger partial charge in [0, 0.05) is 23.0 Å².